The Kier molecular flexibility index (Phi) is 15.2. The summed E-state index contributed by atoms with van der Waals surface area (Å²) in [5.74, 6) is -5.23. The van der Waals surface area contributed by atoms with E-state index >= 15 is 0 Å². The summed E-state index contributed by atoms with van der Waals surface area (Å²) < 4.78 is 249. The standard InChI is InChI=1S/C38H33N3O25S7/c42-32(43)19-41(13-14-67(45,46)47)38(44)25-4-2-1-3-24(25)33-26-9-11-28(39-17-20-5-7-22(68(48,49)50)15-30(20)70(54,55)56)36(72(60,61)62)34(26)66-35-27(33)10-12-29(37(35)73(63,64)65)40-18-21-6-8-23(69(51,52)53)16-31(21)71(57,58)59/h1-12,15-16,39H,13-14,17-19H2,(H,42,43)(H,45,46,47)(H,48,49,50)(H,51,52,53)(H,54,55,56)(H,57,58,59)(H,60,61,62)(H,63,64,65)/b40-29-. The maximum absolute atomic E-state index is 14.3. The van der Waals surface area contributed by atoms with Gasteiger partial charge in [-0.25, -0.2) is 0 Å². The highest BCUT2D eigenvalue weighted by atomic mass is 32.2. The molecule has 0 aromatic heterocycles. The predicted octanol–water partition coefficient (Wildman–Crippen LogP) is 1.81. The van der Waals surface area contributed by atoms with Crippen LogP contribution in [-0.2, 0) is 88.7 Å². The van der Waals surface area contributed by atoms with Gasteiger partial charge in [-0.1, -0.05) is 30.3 Å². The molecule has 0 spiro atoms. The molecule has 9 N–H and O–H groups in total. The van der Waals surface area contributed by atoms with Crippen molar-refractivity contribution in [1.29, 1.82) is 0 Å². The van der Waals surface area contributed by atoms with Gasteiger partial charge in [-0.15, -0.1) is 0 Å². The van der Waals surface area contributed by atoms with E-state index < -0.39 is 200 Å². The van der Waals surface area contributed by atoms with Gasteiger partial charge in [-0.2, -0.15) is 58.9 Å². The molecule has 0 saturated heterocycles. The van der Waals surface area contributed by atoms with Crippen LogP contribution in [0.5, 0.6) is 0 Å². The fourth-order valence-electron chi connectivity index (χ4n) is 7.23. The summed E-state index contributed by atoms with van der Waals surface area (Å²) in [5.41, 5.74) is -4.73. The minimum atomic E-state index is -5.77. The molecule has 1 amide bonds. The number of hydrogen-bond acceptors (Lipinski definition) is 19. The third-order valence-electron chi connectivity index (χ3n) is 10.2. The number of amides is 1. The third kappa shape index (κ3) is 12.7. The van der Waals surface area contributed by atoms with Crippen molar-refractivity contribution in [3.05, 3.63) is 107 Å². The summed E-state index contributed by atoms with van der Waals surface area (Å²) >= 11 is 0. The lowest BCUT2D eigenvalue weighted by Crippen LogP contribution is -2.39. The molecule has 1 aliphatic heterocycles. The molecular weight excluding hydrogens is 1120 g/mol. The second-order valence-corrected chi connectivity index (χ2v) is 25.0. The fraction of sp³-hybridized carbons (Fsp3) is 0.132. The number of aliphatic carboxylic acids is 1. The second kappa shape index (κ2) is 19.8. The van der Waals surface area contributed by atoms with Crippen LogP contribution in [0.25, 0.3) is 33.4 Å². The van der Waals surface area contributed by atoms with E-state index in [0.717, 1.165) is 48.5 Å². The third-order valence-corrected chi connectivity index (χ3v) is 16.3. The van der Waals surface area contributed by atoms with E-state index in [0.29, 0.717) is 29.2 Å². The number of carbonyl (C=O) groups excluding carboxylic acids is 1. The number of fused-ring (bicyclic) bond motifs is 2. The summed E-state index contributed by atoms with van der Waals surface area (Å²) in [6.45, 7) is -4.02. The average Bonchev–Trinajstić information content (AvgIpc) is 3.24. The maximum Gasteiger partial charge on any atom is 0.323 e. The maximum atomic E-state index is 14.3. The van der Waals surface area contributed by atoms with Crippen molar-refractivity contribution >= 4 is 99.4 Å². The van der Waals surface area contributed by atoms with Crippen LogP contribution >= 0.6 is 0 Å². The number of rotatable bonds is 18. The number of carboxylic acids is 1. The quantitative estimate of drug-likeness (QED) is 0.0438. The highest BCUT2D eigenvalue weighted by molar-refractivity contribution is 7.87. The van der Waals surface area contributed by atoms with Crippen LogP contribution in [0.15, 0.2) is 124 Å². The van der Waals surface area contributed by atoms with Crippen LogP contribution < -0.4 is 10.7 Å². The Hall–Kier alpha value is -6.32. The zero-order chi connectivity index (χ0) is 54.6. The number of benzene rings is 5. The number of carboxylic acid groups (broad SMARTS) is 1. The van der Waals surface area contributed by atoms with Gasteiger partial charge < -0.3 is 19.7 Å². The van der Waals surface area contributed by atoms with Gasteiger partial charge in [-0.05, 0) is 71.3 Å². The van der Waals surface area contributed by atoms with Crippen molar-refractivity contribution in [2.24, 2.45) is 4.99 Å². The highest BCUT2D eigenvalue weighted by Crippen LogP contribution is 2.46. The topological polar surface area (TPSA) is 476 Å². The Labute approximate surface area is 412 Å². The predicted molar refractivity (Wildman–Crippen MR) is 247 cm³/mol. The molecule has 0 radical (unpaired) electrons. The van der Waals surface area contributed by atoms with E-state index in [9.17, 15) is 105 Å². The van der Waals surface area contributed by atoms with Crippen molar-refractivity contribution in [2.75, 3.05) is 24.2 Å². The molecule has 28 nitrogen and oxygen atoms in total. The van der Waals surface area contributed by atoms with Gasteiger partial charge in [0.25, 0.3) is 76.7 Å². The average molecular weight is 1160 g/mol. The summed E-state index contributed by atoms with van der Waals surface area (Å²) in [5, 5.41) is 10.7. The van der Waals surface area contributed by atoms with E-state index in [1.165, 1.54) is 12.1 Å². The van der Waals surface area contributed by atoms with Gasteiger partial charge in [0.2, 0.25) is 0 Å². The van der Waals surface area contributed by atoms with Crippen molar-refractivity contribution in [3.63, 3.8) is 0 Å². The van der Waals surface area contributed by atoms with E-state index in [-0.39, 0.29) is 5.56 Å². The molecule has 0 fully saturated rings. The molecule has 4 aromatic rings. The lowest BCUT2D eigenvalue weighted by Gasteiger charge is -2.24. The SMILES string of the molecule is O=C(O)CN(CCS(=O)(=O)O)C(=O)c1ccccc1-c1c2cc/c(=N/Cc3ccc(S(=O)(=O)O)cc3S(=O)(=O)O)c(S(=O)(=O)O)c-2oc2c(S(=O)(=O)O)c(NCc3ccc(S(=O)(=O)O)cc3S(=O)(=O)O)ccc12. The number of carbonyl (C=O) groups is 2. The van der Waals surface area contributed by atoms with Crippen molar-refractivity contribution in [2.45, 2.75) is 42.5 Å². The Balaban J connectivity index is 1.74. The van der Waals surface area contributed by atoms with Gasteiger partial charge >= 0.3 is 5.97 Å². The largest absolute Gasteiger partial charge is 0.480 e. The first-order valence-corrected chi connectivity index (χ1v) is 29.6. The van der Waals surface area contributed by atoms with E-state index in [1.807, 2.05) is 0 Å². The van der Waals surface area contributed by atoms with Crippen LogP contribution in [0, 0.1) is 0 Å². The normalized spacial score (nSPS) is 13.3. The van der Waals surface area contributed by atoms with Crippen molar-refractivity contribution < 1.29 is 110 Å². The zero-order valence-electron chi connectivity index (χ0n) is 35.9. The Morgan fingerprint density at radius 1 is 0.589 bits per heavy atom. The molecule has 2 aliphatic rings. The lowest BCUT2D eigenvalue weighted by molar-refractivity contribution is -0.137. The van der Waals surface area contributed by atoms with Crippen molar-refractivity contribution in [1.82, 2.24) is 4.90 Å². The number of anilines is 1. The van der Waals surface area contributed by atoms with Crippen molar-refractivity contribution in [3.8, 4) is 22.5 Å². The Morgan fingerprint density at radius 3 is 1.66 bits per heavy atom. The molecule has 0 bridgehead atoms. The lowest BCUT2D eigenvalue weighted by atomic mass is 9.90. The molecule has 73 heavy (non-hydrogen) atoms. The summed E-state index contributed by atoms with van der Waals surface area (Å²) in [7, 11) is -37.2. The molecule has 1 aliphatic carbocycles. The minimum absolute atomic E-state index is 0.326. The van der Waals surface area contributed by atoms with Gasteiger partial charge in [0.15, 0.2) is 21.1 Å². The van der Waals surface area contributed by atoms with Gasteiger partial charge in [-0.3, -0.25) is 46.5 Å². The van der Waals surface area contributed by atoms with Gasteiger partial charge in [0.05, 0.1) is 33.1 Å². The molecule has 392 valence electrons. The van der Waals surface area contributed by atoms with Gasteiger partial charge in [0, 0.05) is 35.2 Å². The molecule has 35 heteroatoms. The van der Waals surface area contributed by atoms with E-state index in [2.05, 4.69) is 10.3 Å². The number of nitrogens with one attached hydrogen (secondary N) is 1. The molecule has 0 unspecified atom stereocenters. The molecule has 4 aromatic carbocycles. The minimum Gasteiger partial charge on any atom is -0.480 e. The molecule has 1 heterocycles. The van der Waals surface area contributed by atoms with E-state index in [1.54, 1.807) is 0 Å². The van der Waals surface area contributed by atoms with Crippen LogP contribution in [0.2, 0.25) is 0 Å². The van der Waals surface area contributed by atoms with Crippen LogP contribution in [0.1, 0.15) is 21.5 Å². The van der Waals surface area contributed by atoms with E-state index in [4.69, 9.17) is 4.42 Å². The first kappa shape index (κ1) is 56.0. The Morgan fingerprint density at radius 2 is 1.14 bits per heavy atom. The highest BCUT2D eigenvalue weighted by Gasteiger charge is 2.34. The number of nitrogens with zero attached hydrogens (tertiary/aromatic N) is 2. The van der Waals surface area contributed by atoms with Gasteiger partial charge in [0.1, 0.15) is 16.3 Å². The molecular formula is C38H33N3O25S7. The smallest absolute Gasteiger partial charge is 0.323 e. The summed E-state index contributed by atoms with van der Waals surface area (Å²) in [4.78, 5) is 23.6. The first-order chi connectivity index (χ1) is 33.4. The second-order valence-electron chi connectivity index (χ2n) is 15.1. The molecule has 0 atom stereocenters. The Bertz CT molecular complexity index is 4180. The summed E-state index contributed by atoms with van der Waals surface area (Å²) in [6, 6.07) is 12.0. The summed E-state index contributed by atoms with van der Waals surface area (Å²) in [6.07, 6.45) is 0. The van der Waals surface area contributed by atoms with Crippen LogP contribution in [-0.4, -0.2) is 132 Å². The number of hydrogen-bond donors (Lipinski definition) is 9. The molecule has 6 rings (SSSR count). The zero-order valence-corrected chi connectivity index (χ0v) is 41.6. The monoisotopic (exact) mass is 1150 g/mol. The molecule has 0 saturated carbocycles. The fourth-order valence-corrected chi connectivity index (χ4v) is 11.9. The van der Waals surface area contributed by atoms with Crippen LogP contribution in [0.3, 0.4) is 0 Å². The van der Waals surface area contributed by atoms with Crippen LogP contribution in [0.4, 0.5) is 5.69 Å². The first-order valence-electron chi connectivity index (χ1n) is 19.3.